The molecule has 0 aliphatic carbocycles. The van der Waals surface area contributed by atoms with Crippen molar-refractivity contribution in [3.63, 3.8) is 0 Å². The van der Waals surface area contributed by atoms with Crippen molar-refractivity contribution in [1.82, 2.24) is 15.0 Å². The van der Waals surface area contributed by atoms with Crippen molar-refractivity contribution in [2.45, 2.75) is 6.42 Å². The quantitative estimate of drug-likeness (QED) is 0.814. The number of hydrogen-bond donors (Lipinski definition) is 1. The first-order chi connectivity index (χ1) is 7.31. The molecule has 0 atom stereocenters. The Morgan fingerprint density at radius 1 is 1.40 bits per heavy atom. The number of rotatable bonds is 3. The van der Waals surface area contributed by atoms with E-state index >= 15 is 0 Å². The zero-order chi connectivity index (χ0) is 10.7. The summed E-state index contributed by atoms with van der Waals surface area (Å²) in [7, 11) is 0. The van der Waals surface area contributed by atoms with E-state index < -0.39 is 0 Å². The molecule has 2 aromatic rings. The summed E-state index contributed by atoms with van der Waals surface area (Å²) < 4.78 is 14.5. The molecule has 0 saturated heterocycles. The van der Waals surface area contributed by atoms with Crippen molar-refractivity contribution >= 4 is 0 Å². The van der Waals surface area contributed by atoms with Gasteiger partial charge in [-0.15, -0.1) is 5.10 Å². The lowest BCUT2D eigenvalue weighted by atomic mass is 10.3. The van der Waals surface area contributed by atoms with Gasteiger partial charge in [-0.25, -0.2) is 9.07 Å². The van der Waals surface area contributed by atoms with Gasteiger partial charge in [0.15, 0.2) is 0 Å². The van der Waals surface area contributed by atoms with Crippen LogP contribution in [0.25, 0.3) is 5.69 Å². The van der Waals surface area contributed by atoms with Crippen LogP contribution in [0.4, 0.5) is 4.39 Å². The van der Waals surface area contributed by atoms with Crippen LogP contribution < -0.4 is 0 Å². The number of hydrogen-bond acceptors (Lipinski definition) is 3. The Kier molecular flexibility index (Phi) is 2.73. The largest absolute Gasteiger partial charge is 0.396 e. The fourth-order valence-electron chi connectivity index (χ4n) is 1.37. The van der Waals surface area contributed by atoms with E-state index in [2.05, 4.69) is 10.3 Å². The molecule has 78 valence electrons. The molecule has 0 saturated carbocycles. The third kappa shape index (κ3) is 2.02. The molecule has 1 aromatic heterocycles. The summed E-state index contributed by atoms with van der Waals surface area (Å²) in [6, 6.07) is 6.08. The number of benzene rings is 1. The molecule has 0 amide bonds. The minimum Gasteiger partial charge on any atom is -0.396 e. The maximum atomic E-state index is 13.0. The standard InChI is InChI=1S/C10H10FN3O/c11-8-2-1-3-9(6-8)14-10(4-5-15)7-12-13-14/h1-3,6-7,15H,4-5H2. The highest BCUT2D eigenvalue weighted by molar-refractivity contribution is 5.32. The fourth-order valence-corrected chi connectivity index (χ4v) is 1.37. The molecule has 0 spiro atoms. The van der Waals surface area contributed by atoms with Gasteiger partial charge < -0.3 is 5.11 Å². The highest BCUT2D eigenvalue weighted by Crippen LogP contribution is 2.11. The van der Waals surface area contributed by atoms with E-state index in [4.69, 9.17) is 5.11 Å². The second kappa shape index (κ2) is 4.18. The fraction of sp³-hybridized carbons (Fsp3) is 0.200. The van der Waals surface area contributed by atoms with Crippen molar-refractivity contribution in [1.29, 1.82) is 0 Å². The van der Waals surface area contributed by atoms with Crippen molar-refractivity contribution < 1.29 is 9.50 Å². The first-order valence-electron chi connectivity index (χ1n) is 4.57. The average molecular weight is 207 g/mol. The van der Waals surface area contributed by atoms with Gasteiger partial charge in [0, 0.05) is 13.0 Å². The Morgan fingerprint density at radius 2 is 2.27 bits per heavy atom. The number of aliphatic hydroxyl groups excluding tert-OH is 1. The molecule has 1 N–H and O–H groups in total. The van der Waals surface area contributed by atoms with E-state index in [-0.39, 0.29) is 12.4 Å². The van der Waals surface area contributed by atoms with Crippen LogP contribution in [0.3, 0.4) is 0 Å². The topological polar surface area (TPSA) is 50.9 Å². The number of nitrogens with zero attached hydrogens (tertiary/aromatic N) is 3. The van der Waals surface area contributed by atoms with Crippen LogP contribution in [0.1, 0.15) is 5.69 Å². The van der Waals surface area contributed by atoms with Gasteiger partial charge in [-0.3, -0.25) is 0 Å². The first-order valence-corrected chi connectivity index (χ1v) is 4.57. The van der Waals surface area contributed by atoms with Crippen LogP contribution in [0.5, 0.6) is 0 Å². The van der Waals surface area contributed by atoms with E-state index in [1.165, 1.54) is 16.8 Å². The molecule has 4 nitrogen and oxygen atoms in total. The summed E-state index contributed by atoms with van der Waals surface area (Å²) in [5.74, 6) is -0.321. The van der Waals surface area contributed by atoms with Gasteiger partial charge in [-0.2, -0.15) is 0 Å². The smallest absolute Gasteiger partial charge is 0.125 e. The van der Waals surface area contributed by atoms with Crippen LogP contribution in [-0.2, 0) is 6.42 Å². The van der Waals surface area contributed by atoms with Crippen molar-refractivity contribution in [2.24, 2.45) is 0 Å². The van der Waals surface area contributed by atoms with E-state index in [0.29, 0.717) is 12.1 Å². The monoisotopic (exact) mass is 207 g/mol. The lowest BCUT2D eigenvalue weighted by molar-refractivity contribution is 0.297. The summed E-state index contributed by atoms with van der Waals surface area (Å²) in [4.78, 5) is 0. The Hall–Kier alpha value is -1.75. The maximum absolute atomic E-state index is 13.0. The molecule has 0 bridgehead atoms. The van der Waals surface area contributed by atoms with Crippen LogP contribution in [-0.4, -0.2) is 26.7 Å². The van der Waals surface area contributed by atoms with Gasteiger partial charge in [-0.1, -0.05) is 11.3 Å². The Labute approximate surface area is 86.0 Å². The molecule has 2 rings (SSSR count). The predicted molar refractivity (Wildman–Crippen MR) is 52.1 cm³/mol. The van der Waals surface area contributed by atoms with Crippen LogP contribution in [0.15, 0.2) is 30.5 Å². The normalized spacial score (nSPS) is 10.5. The lowest BCUT2D eigenvalue weighted by Crippen LogP contribution is -2.04. The molecular weight excluding hydrogens is 197 g/mol. The Morgan fingerprint density at radius 3 is 3.00 bits per heavy atom. The molecule has 15 heavy (non-hydrogen) atoms. The molecule has 1 heterocycles. The predicted octanol–water partition coefficient (Wildman–Crippen LogP) is 0.941. The van der Waals surface area contributed by atoms with Gasteiger partial charge in [0.2, 0.25) is 0 Å². The van der Waals surface area contributed by atoms with Gasteiger partial charge >= 0.3 is 0 Å². The molecule has 0 radical (unpaired) electrons. The summed E-state index contributed by atoms with van der Waals surface area (Å²) in [5.41, 5.74) is 1.36. The molecule has 0 fully saturated rings. The zero-order valence-electron chi connectivity index (χ0n) is 7.97. The van der Waals surface area contributed by atoms with Crippen LogP contribution >= 0.6 is 0 Å². The highest BCUT2D eigenvalue weighted by Gasteiger charge is 2.05. The molecule has 5 heteroatoms. The number of aliphatic hydroxyl groups is 1. The first kappa shape index (κ1) is 9.79. The van der Waals surface area contributed by atoms with Gasteiger partial charge in [0.25, 0.3) is 0 Å². The third-order valence-electron chi connectivity index (χ3n) is 2.04. The Bertz CT molecular complexity index is 455. The van der Waals surface area contributed by atoms with Gasteiger partial charge in [0.1, 0.15) is 5.82 Å². The van der Waals surface area contributed by atoms with Crippen LogP contribution in [0, 0.1) is 5.82 Å². The molecule has 1 aromatic carbocycles. The minimum absolute atomic E-state index is 0.0166. The summed E-state index contributed by atoms with van der Waals surface area (Å²) >= 11 is 0. The van der Waals surface area contributed by atoms with Crippen molar-refractivity contribution in [3.05, 3.63) is 42.0 Å². The number of aromatic nitrogens is 3. The minimum atomic E-state index is -0.321. The van der Waals surface area contributed by atoms with E-state index in [1.54, 1.807) is 18.3 Å². The summed E-state index contributed by atoms with van der Waals surface area (Å²) in [6.07, 6.45) is 2.00. The van der Waals surface area contributed by atoms with Gasteiger partial charge in [0.05, 0.1) is 17.6 Å². The van der Waals surface area contributed by atoms with Crippen molar-refractivity contribution in [3.8, 4) is 5.69 Å². The second-order valence-corrected chi connectivity index (χ2v) is 3.09. The van der Waals surface area contributed by atoms with E-state index in [0.717, 1.165) is 5.69 Å². The zero-order valence-corrected chi connectivity index (χ0v) is 7.97. The third-order valence-corrected chi connectivity index (χ3v) is 2.04. The molecule has 0 aliphatic rings. The molecular formula is C10H10FN3O. The average Bonchev–Trinajstić information content (AvgIpc) is 2.66. The molecule has 0 aliphatic heterocycles. The summed E-state index contributed by atoms with van der Waals surface area (Å²) in [6.45, 7) is 0.0166. The maximum Gasteiger partial charge on any atom is 0.125 e. The van der Waals surface area contributed by atoms with Crippen molar-refractivity contribution in [2.75, 3.05) is 6.61 Å². The van der Waals surface area contributed by atoms with Crippen LogP contribution in [0.2, 0.25) is 0 Å². The summed E-state index contributed by atoms with van der Waals surface area (Å²) in [5, 5.41) is 16.4. The number of halogens is 1. The SMILES string of the molecule is OCCc1cnnn1-c1cccc(F)c1. The van der Waals surface area contributed by atoms with E-state index in [1.807, 2.05) is 0 Å². The highest BCUT2D eigenvalue weighted by atomic mass is 19.1. The Balaban J connectivity index is 2.40. The lowest BCUT2D eigenvalue weighted by Gasteiger charge is -2.04. The van der Waals surface area contributed by atoms with Gasteiger partial charge in [-0.05, 0) is 18.2 Å². The second-order valence-electron chi connectivity index (χ2n) is 3.09. The van der Waals surface area contributed by atoms with E-state index in [9.17, 15) is 4.39 Å². The molecule has 0 unspecified atom stereocenters.